The minimum absolute atomic E-state index is 0. The van der Waals surface area contributed by atoms with E-state index in [1.54, 1.807) is 0 Å². The van der Waals surface area contributed by atoms with Gasteiger partial charge in [0.2, 0.25) is 0 Å². The lowest BCUT2D eigenvalue weighted by molar-refractivity contribution is 0.650. The van der Waals surface area contributed by atoms with E-state index >= 15 is 0 Å². The van der Waals surface area contributed by atoms with Gasteiger partial charge in [-0.1, -0.05) is 12.1 Å². The molecule has 0 fully saturated rings. The van der Waals surface area contributed by atoms with Crippen LogP contribution in [0.1, 0.15) is 0 Å². The number of para-hydroxylation sites is 2. The lowest BCUT2D eigenvalue weighted by Crippen LogP contribution is -1.37. The first-order valence-electron chi connectivity index (χ1n) is 2.24. The zero-order valence-electron chi connectivity index (χ0n) is 4.13. The van der Waals surface area contributed by atoms with Crippen molar-refractivity contribution in [2.24, 2.45) is 0 Å². The van der Waals surface area contributed by atoms with Gasteiger partial charge in [0, 0.05) is 0 Å². The highest BCUT2D eigenvalue weighted by molar-refractivity contribution is 5.53. The zero-order valence-corrected chi connectivity index (χ0v) is 4.13. The van der Waals surface area contributed by atoms with Crippen molar-refractivity contribution in [2.45, 2.75) is 0 Å². The van der Waals surface area contributed by atoms with Gasteiger partial charge in [-0.2, -0.15) is 0 Å². The number of halogens is 1. The minimum atomic E-state index is 0. The molecule has 0 saturated carbocycles. The molecule has 0 unspecified atom stereocenters. The fraction of sp³-hybridized carbons (Fsp3) is 0. The van der Waals surface area contributed by atoms with Crippen LogP contribution in [0.25, 0.3) is 0 Å². The topological polar surface area (TPSA) is 12.5 Å². The van der Waals surface area contributed by atoms with Crippen molar-refractivity contribution in [3.63, 3.8) is 0 Å². The summed E-state index contributed by atoms with van der Waals surface area (Å²) in [7, 11) is 0. The van der Waals surface area contributed by atoms with Gasteiger partial charge in [-0.15, -0.1) is 0 Å². The van der Waals surface area contributed by atoms with Crippen molar-refractivity contribution in [1.29, 1.82) is 0 Å². The molecular formula is C6H5FO. The standard InChI is InChI=1S/C6H4O.FH/c1-2-4-6-5(3-1)7-6;/h1-4H;1H. The molecule has 0 amide bonds. The van der Waals surface area contributed by atoms with Gasteiger partial charge in [-0.05, 0) is 12.1 Å². The Balaban J connectivity index is 0.000000320. The van der Waals surface area contributed by atoms with Gasteiger partial charge >= 0.3 is 0 Å². The van der Waals surface area contributed by atoms with Gasteiger partial charge in [0.05, 0.1) is 0 Å². The average molecular weight is 112 g/mol. The highest BCUT2D eigenvalue weighted by Gasteiger charge is 2.15. The predicted molar refractivity (Wildman–Crippen MR) is 29.0 cm³/mol. The molecule has 1 aromatic carbocycles. The maximum atomic E-state index is 4.94. The zero-order chi connectivity index (χ0) is 4.69. The normalized spacial score (nSPS) is 10.5. The smallest absolute Gasteiger partial charge is 0.170 e. The van der Waals surface area contributed by atoms with Gasteiger partial charge in [0.25, 0.3) is 0 Å². The second-order valence-electron chi connectivity index (χ2n) is 1.55. The first-order valence-corrected chi connectivity index (χ1v) is 2.24. The van der Waals surface area contributed by atoms with Gasteiger partial charge in [0.15, 0.2) is 11.5 Å². The number of hydrogen-bond acceptors (Lipinski definition) is 1. The van der Waals surface area contributed by atoms with Crippen LogP contribution >= 0.6 is 0 Å². The van der Waals surface area contributed by atoms with Crippen molar-refractivity contribution in [3.05, 3.63) is 24.3 Å². The Morgan fingerprint density at radius 2 is 1.50 bits per heavy atom. The van der Waals surface area contributed by atoms with Crippen LogP contribution in [-0.2, 0) is 0 Å². The Morgan fingerprint density at radius 3 is 1.88 bits per heavy atom. The third-order valence-corrected chi connectivity index (χ3v) is 1.03. The Morgan fingerprint density at radius 1 is 1.00 bits per heavy atom. The fourth-order valence-electron chi connectivity index (χ4n) is 0.611. The molecule has 1 aliphatic rings. The van der Waals surface area contributed by atoms with Crippen molar-refractivity contribution in [2.75, 3.05) is 0 Å². The molecule has 1 nitrogen and oxygen atoms in total. The van der Waals surface area contributed by atoms with Crippen molar-refractivity contribution < 1.29 is 9.44 Å². The van der Waals surface area contributed by atoms with Gasteiger partial charge in [0.1, 0.15) is 0 Å². The predicted octanol–water partition coefficient (Wildman–Crippen LogP) is 1.94. The van der Waals surface area contributed by atoms with E-state index in [9.17, 15) is 0 Å². The summed E-state index contributed by atoms with van der Waals surface area (Å²) in [6, 6.07) is 7.84. The number of fused-ring (bicyclic) bond motifs is 1. The third kappa shape index (κ3) is 0.541. The molecule has 0 saturated heterocycles. The lowest BCUT2D eigenvalue weighted by atomic mass is 10.4. The third-order valence-electron chi connectivity index (χ3n) is 1.03. The van der Waals surface area contributed by atoms with E-state index in [0.717, 1.165) is 11.5 Å². The van der Waals surface area contributed by atoms with Crippen LogP contribution in [-0.4, -0.2) is 0 Å². The van der Waals surface area contributed by atoms with Gasteiger partial charge in [-0.25, -0.2) is 0 Å². The first kappa shape index (κ1) is 5.09. The Bertz CT molecular complexity index is 176. The van der Waals surface area contributed by atoms with Gasteiger partial charge < -0.3 is 4.74 Å². The molecule has 0 N–H and O–H groups in total. The van der Waals surface area contributed by atoms with Gasteiger partial charge in [-0.3, -0.25) is 4.70 Å². The monoisotopic (exact) mass is 112 g/mol. The highest BCUT2D eigenvalue weighted by Crippen LogP contribution is 2.43. The summed E-state index contributed by atoms with van der Waals surface area (Å²) in [4.78, 5) is 0. The quantitative estimate of drug-likeness (QED) is 0.474. The molecule has 0 aliphatic carbocycles. The van der Waals surface area contributed by atoms with Crippen LogP contribution in [0.4, 0.5) is 4.70 Å². The molecular weight excluding hydrogens is 107 g/mol. The molecule has 8 heavy (non-hydrogen) atoms. The molecule has 0 radical (unpaired) electrons. The lowest BCUT2D eigenvalue weighted by Gasteiger charge is -1.61. The summed E-state index contributed by atoms with van der Waals surface area (Å²) in [5.41, 5.74) is 0. The van der Waals surface area contributed by atoms with E-state index in [-0.39, 0.29) is 4.70 Å². The van der Waals surface area contributed by atoms with E-state index in [0.29, 0.717) is 0 Å². The van der Waals surface area contributed by atoms with E-state index in [2.05, 4.69) is 0 Å². The summed E-state index contributed by atoms with van der Waals surface area (Å²) >= 11 is 0. The molecule has 2 heteroatoms. The second kappa shape index (κ2) is 1.47. The molecule has 2 rings (SSSR count). The molecule has 0 spiro atoms. The summed E-state index contributed by atoms with van der Waals surface area (Å²) in [6.07, 6.45) is 0. The van der Waals surface area contributed by atoms with E-state index in [1.807, 2.05) is 24.3 Å². The summed E-state index contributed by atoms with van der Waals surface area (Å²) < 4.78 is 4.94. The van der Waals surface area contributed by atoms with Crippen LogP contribution in [0.2, 0.25) is 0 Å². The van der Waals surface area contributed by atoms with Crippen molar-refractivity contribution in [3.8, 4) is 11.5 Å². The number of rotatable bonds is 0. The van der Waals surface area contributed by atoms with Crippen LogP contribution in [0.5, 0.6) is 11.5 Å². The number of ether oxygens (including phenoxy) is 1. The second-order valence-corrected chi connectivity index (χ2v) is 1.55. The van der Waals surface area contributed by atoms with E-state index in [4.69, 9.17) is 4.74 Å². The fourth-order valence-corrected chi connectivity index (χ4v) is 0.611. The summed E-state index contributed by atoms with van der Waals surface area (Å²) in [5, 5.41) is 0. The number of hydrogen-bond donors (Lipinski definition) is 0. The molecule has 42 valence electrons. The molecule has 0 aromatic heterocycles. The molecule has 1 aliphatic heterocycles. The molecule has 1 aromatic rings. The van der Waals surface area contributed by atoms with Crippen LogP contribution < -0.4 is 4.74 Å². The largest absolute Gasteiger partial charge is 0.450 e. The molecule has 0 atom stereocenters. The van der Waals surface area contributed by atoms with E-state index < -0.39 is 0 Å². The highest BCUT2D eigenvalue weighted by atomic mass is 19.0. The SMILES string of the molecule is F.c1ccc2c(c1)O2. The summed E-state index contributed by atoms with van der Waals surface area (Å²) in [6.45, 7) is 0. The Labute approximate surface area is 46.3 Å². The van der Waals surface area contributed by atoms with Crippen molar-refractivity contribution in [1.82, 2.24) is 0 Å². The number of benzene rings is 1. The van der Waals surface area contributed by atoms with E-state index in [1.165, 1.54) is 0 Å². The Hall–Kier alpha value is -1.05. The Kier molecular flexibility index (Phi) is 0.938. The maximum Gasteiger partial charge on any atom is 0.170 e. The minimum Gasteiger partial charge on any atom is -0.450 e. The van der Waals surface area contributed by atoms with Crippen LogP contribution in [0.3, 0.4) is 0 Å². The van der Waals surface area contributed by atoms with Crippen molar-refractivity contribution >= 4 is 0 Å². The van der Waals surface area contributed by atoms with Crippen LogP contribution in [0, 0.1) is 0 Å². The molecule has 1 heterocycles. The molecule has 0 bridgehead atoms. The average Bonchev–Trinajstić information content (AvgIpc) is 2.41. The maximum absolute atomic E-state index is 4.94. The first-order chi connectivity index (χ1) is 3.47. The summed E-state index contributed by atoms with van der Waals surface area (Å²) in [5.74, 6) is 2.06. The van der Waals surface area contributed by atoms with Crippen LogP contribution in [0.15, 0.2) is 24.3 Å².